The van der Waals surface area contributed by atoms with Crippen molar-refractivity contribution in [2.45, 2.75) is 46.2 Å². The van der Waals surface area contributed by atoms with E-state index >= 15 is 0 Å². The zero-order chi connectivity index (χ0) is 13.4. The SMILES string of the molecule is CC(C)CNC(=O)C(C)NC(C)CCS(C)=O. The maximum absolute atomic E-state index is 11.7. The highest BCUT2D eigenvalue weighted by Crippen LogP contribution is 1.96. The minimum atomic E-state index is -0.762. The van der Waals surface area contributed by atoms with Gasteiger partial charge in [0.05, 0.1) is 6.04 Å². The lowest BCUT2D eigenvalue weighted by atomic mass is 10.2. The first-order valence-corrected chi connectivity index (χ1v) is 7.89. The van der Waals surface area contributed by atoms with Crippen molar-refractivity contribution in [2.24, 2.45) is 5.92 Å². The Kier molecular flexibility index (Phi) is 8.43. The van der Waals surface area contributed by atoms with Crippen LogP contribution in [-0.2, 0) is 15.6 Å². The first kappa shape index (κ1) is 16.6. The average Bonchev–Trinajstić information content (AvgIpc) is 2.22. The van der Waals surface area contributed by atoms with E-state index in [1.54, 1.807) is 6.26 Å². The number of carbonyl (C=O) groups excluding carboxylic acids is 1. The van der Waals surface area contributed by atoms with Crippen LogP contribution in [0, 0.1) is 5.92 Å². The molecule has 0 aromatic rings. The fourth-order valence-electron chi connectivity index (χ4n) is 1.39. The van der Waals surface area contributed by atoms with Crippen LogP contribution in [0.25, 0.3) is 0 Å². The van der Waals surface area contributed by atoms with Crippen LogP contribution in [-0.4, -0.2) is 40.8 Å². The molecule has 0 bridgehead atoms. The predicted octanol–water partition coefficient (Wildman–Crippen LogP) is 0.894. The van der Waals surface area contributed by atoms with Crippen molar-refractivity contribution < 1.29 is 9.00 Å². The summed E-state index contributed by atoms with van der Waals surface area (Å²) >= 11 is 0. The standard InChI is InChI=1S/C12H26N2O2S/c1-9(2)8-13-12(15)11(4)14-10(3)6-7-17(5)16/h9-11,14H,6-8H2,1-5H3,(H,13,15). The Morgan fingerprint density at radius 3 is 2.29 bits per heavy atom. The molecule has 2 N–H and O–H groups in total. The highest BCUT2D eigenvalue weighted by molar-refractivity contribution is 7.84. The quantitative estimate of drug-likeness (QED) is 0.683. The Hall–Kier alpha value is -0.420. The van der Waals surface area contributed by atoms with Gasteiger partial charge < -0.3 is 10.6 Å². The van der Waals surface area contributed by atoms with Gasteiger partial charge >= 0.3 is 0 Å². The number of amides is 1. The topological polar surface area (TPSA) is 58.2 Å². The molecule has 0 fully saturated rings. The lowest BCUT2D eigenvalue weighted by Crippen LogP contribution is -2.46. The molecule has 0 aromatic heterocycles. The fourth-order valence-corrected chi connectivity index (χ4v) is 2.07. The molecule has 3 unspecified atom stereocenters. The molecule has 0 saturated carbocycles. The number of rotatable bonds is 8. The van der Waals surface area contributed by atoms with Crippen LogP contribution in [0.5, 0.6) is 0 Å². The third-order valence-electron chi connectivity index (χ3n) is 2.45. The zero-order valence-electron chi connectivity index (χ0n) is 11.6. The highest BCUT2D eigenvalue weighted by Gasteiger charge is 2.15. The Morgan fingerprint density at radius 1 is 1.24 bits per heavy atom. The van der Waals surface area contributed by atoms with E-state index in [1.807, 2.05) is 13.8 Å². The van der Waals surface area contributed by atoms with Crippen LogP contribution in [0.1, 0.15) is 34.1 Å². The van der Waals surface area contributed by atoms with Gasteiger partial charge in [-0.15, -0.1) is 0 Å². The van der Waals surface area contributed by atoms with E-state index in [4.69, 9.17) is 0 Å². The molecule has 102 valence electrons. The summed E-state index contributed by atoms with van der Waals surface area (Å²) in [5.74, 6) is 1.17. The molecule has 0 saturated heterocycles. The van der Waals surface area contributed by atoms with Crippen molar-refractivity contribution in [3.63, 3.8) is 0 Å². The van der Waals surface area contributed by atoms with Crippen LogP contribution in [0.3, 0.4) is 0 Å². The van der Waals surface area contributed by atoms with E-state index in [-0.39, 0.29) is 18.0 Å². The minimum Gasteiger partial charge on any atom is -0.354 e. The van der Waals surface area contributed by atoms with Crippen LogP contribution < -0.4 is 10.6 Å². The maximum atomic E-state index is 11.7. The minimum absolute atomic E-state index is 0.0307. The fraction of sp³-hybridized carbons (Fsp3) is 0.917. The molecule has 3 atom stereocenters. The second-order valence-electron chi connectivity index (χ2n) is 4.99. The van der Waals surface area contributed by atoms with Crippen molar-refractivity contribution in [1.29, 1.82) is 0 Å². The van der Waals surface area contributed by atoms with Crippen molar-refractivity contribution in [2.75, 3.05) is 18.6 Å². The van der Waals surface area contributed by atoms with E-state index < -0.39 is 10.8 Å². The molecule has 0 aromatic carbocycles. The summed E-state index contributed by atoms with van der Waals surface area (Å²) in [6, 6.07) is 0.00717. The monoisotopic (exact) mass is 262 g/mol. The molecule has 0 heterocycles. The molecule has 5 heteroatoms. The Labute approximate surface area is 107 Å². The van der Waals surface area contributed by atoms with Gasteiger partial charge in [-0.2, -0.15) is 0 Å². The van der Waals surface area contributed by atoms with Gasteiger partial charge in [-0.25, -0.2) is 0 Å². The molecular weight excluding hydrogens is 236 g/mol. The highest BCUT2D eigenvalue weighted by atomic mass is 32.2. The molecule has 0 spiro atoms. The van der Waals surface area contributed by atoms with Gasteiger partial charge in [-0.1, -0.05) is 13.8 Å². The van der Waals surface area contributed by atoms with E-state index in [2.05, 4.69) is 24.5 Å². The lowest BCUT2D eigenvalue weighted by molar-refractivity contribution is -0.123. The molecule has 1 amide bonds. The van der Waals surface area contributed by atoms with Crippen LogP contribution in [0.15, 0.2) is 0 Å². The Bertz CT molecular complexity index is 257. The van der Waals surface area contributed by atoms with Gasteiger partial charge in [0.1, 0.15) is 0 Å². The molecule has 0 radical (unpaired) electrons. The van der Waals surface area contributed by atoms with Crippen LogP contribution in [0.4, 0.5) is 0 Å². The number of hydrogen-bond acceptors (Lipinski definition) is 3. The summed E-state index contributed by atoms with van der Waals surface area (Å²) in [7, 11) is -0.762. The zero-order valence-corrected chi connectivity index (χ0v) is 12.4. The number of carbonyl (C=O) groups is 1. The molecule has 0 aliphatic heterocycles. The van der Waals surface area contributed by atoms with Crippen LogP contribution in [0.2, 0.25) is 0 Å². The third kappa shape index (κ3) is 9.30. The average molecular weight is 262 g/mol. The summed E-state index contributed by atoms with van der Waals surface area (Å²) in [5, 5.41) is 6.10. The summed E-state index contributed by atoms with van der Waals surface area (Å²) in [6.45, 7) is 8.71. The largest absolute Gasteiger partial charge is 0.354 e. The second-order valence-corrected chi connectivity index (χ2v) is 6.55. The molecular formula is C12H26N2O2S. The van der Waals surface area contributed by atoms with Gasteiger partial charge in [-0.05, 0) is 26.2 Å². The van der Waals surface area contributed by atoms with Gasteiger partial charge in [0.2, 0.25) is 5.91 Å². The lowest BCUT2D eigenvalue weighted by Gasteiger charge is -2.19. The molecule has 0 rings (SSSR count). The summed E-state index contributed by atoms with van der Waals surface area (Å²) in [6.07, 6.45) is 2.52. The van der Waals surface area contributed by atoms with E-state index in [0.29, 0.717) is 18.2 Å². The molecule has 17 heavy (non-hydrogen) atoms. The summed E-state index contributed by atoms with van der Waals surface area (Å²) < 4.78 is 10.9. The Morgan fingerprint density at radius 2 is 1.82 bits per heavy atom. The normalized spacial score (nSPS) is 16.6. The number of hydrogen-bond donors (Lipinski definition) is 2. The van der Waals surface area contributed by atoms with E-state index in [9.17, 15) is 9.00 Å². The molecule has 0 aliphatic carbocycles. The summed E-state index contributed by atoms with van der Waals surface area (Å²) in [5.41, 5.74) is 0. The second kappa shape index (κ2) is 8.64. The van der Waals surface area contributed by atoms with Crippen molar-refractivity contribution in [3.05, 3.63) is 0 Å². The third-order valence-corrected chi connectivity index (χ3v) is 3.26. The predicted molar refractivity (Wildman–Crippen MR) is 73.5 cm³/mol. The van der Waals surface area contributed by atoms with Gasteiger partial charge in [-0.3, -0.25) is 9.00 Å². The van der Waals surface area contributed by atoms with Crippen LogP contribution >= 0.6 is 0 Å². The van der Waals surface area contributed by atoms with Gasteiger partial charge in [0, 0.05) is 35.4 Å². The van der Waals surface area contributed by atoms with Crippen molar-refractivity contribution in [1.82, 2.24) is 10.6 Å². The van der Waals surface area contributed by atoms with E-state index in [1.165, 1.54) is 0 Å². The number of nitrogens with one attached hydrogen (secondary N) is 2. The first-order chi connectivity index (χ1) is 7.82. The summed E-state index contributed by atoms with van der Waals surface area (Å²) in [4.78, 5) is 11.7. The smallest absolute Gasteiger partial charge is 0.236 e. The van der Waals surface area contributed by atoms with Gasteiger partial charge in [0.15, 0.2) is 0 Å². The molecule has 4 nitrogen and oxygen atoms in total. The molecule has 0 aliphatic rings. The Balaban J connectivity index is 3.85. The maximum Gasteiger partial charge on any atom is 0.236 e. The van der Waals surface area contributed by atoms with E-state index in [0.717, 1.165) is 6.42 Å². The van der Waals surface area contributed by atoms with Crippen molar-refractivity contribution in [3.8, 4) is 0 Å². The van der Waals surface area contributed by atoms with Gasteiger partial charge in [0.25, 0.3) is 0 Å². The van der Waals surface area contributed by atoms with Crippen molar-refractivity contribution >= 4 is 16.7 Å². The first-order valence-electron chi connectivity index (χ1n) is 6.16.